The van der Waals surface area contributed by atoms with Gasteiger partial charge in [-0.05, 0) is 0 Å². The maximum absolute atomic E-state index is 3.34. The van der Waals surface area contributed by atoms with Crippen LogP contribution >= 0.6 is 24.8 Å². The summed E-state index contributed by atoms with van der Waals surface area (Å²) in [6.45, 7) is 0. The van der Waals surface area contributed by atoms with Crippen LogP contribution in [0.4, 0.5) is 0 Å². The van der Waals surface area contributed by atoms with Gasteiger partial charge in [0.05, 0.1) is 0 Å². The fourth-order valence-electron chi connectivity index (χ4n) is 0.581. The predicted octanol–water partition coefficient (Wildman–Crippen LogP) is 4.73. The van der Waals surface area contributed by atoms with Crippen molar-refractivity contribution in [1.29, 1.82) is 0 Å². The van der Waals surface area contributed by atoms with Gasteiger partial charge in [0.2, 0.25) is 0 Å². The predicted molar refractivity (Wildman–Crippen MR) is 88.5 cm³/mol. The second kappa shape index (κ2) is 43.5. The van der Waals surface area contributed by atoms with Crippen molar-refractivity contribution in [3.63, 3.8) is 0 Å². The van der Waals surface area contributed by atoms with E-state index in [2.05, 4.69) is 27.5 Å². The Morgan fingerprint density at radius 2 is 1.61 bits per heavy atom. The normalized spacial score (nSPS) is 7.28. The summed E-state index contributed by atoms with van der Waals surface area (Å²) in [6, 6.07) is 3.71. The van der Waals surface area contributed by atoms with Crippen LogP contribution in [0.1, 0.15) is 6.42 Å². The molecule has 0 fully saturated rings. The van der Waals surface area contributed by atoms with Gasteiger partial charge in [-0.15, -0.1) is 37.4 Å². The Morgan fingerprint density at radius 3 is 1.72 bits per heavy atom. The van der Waals surface area contributed by atoms with Crippen molar-refractivity contribution in [1.82, 2.24) is 4.98 Å². The summed E-state index contributed by atoms with van der Waals surface area (Å²) in [7, 11) is 0. The number of hydrogen-bond donors (Lipinski definition) is 1. The molecule has 0 spiro atoms. The number of aromatic nitrogens is 1. The number of nitrogens with one attached hydrogen (secondary N) is 1. The van der Waals surface area contributed by atoms with Crippen LogP contribution in [0, 0.1) is 42.0 Å². The Kier molecular flexibility index (Phi) is 104. The Morgan fingerprint density at radius 1 is 1.06 bits per heavy atom. The molecule has 0 saturated carbocycles. The van der Waals surface area contributed by atoms with Gasteiger partial charge in [0, 0.05) is 0 Å². The van der Waals surface area contributed by atoms with E-state index in [1.54, 1.807) is 0 Å². The van der Waals surface area contributed by atoms with Gasteiger partial charge in [-0.2, -0.15) is 24.4 Å². The first kappa shape index (κ1) is 43.0. The molecule has 0 bridgehead atoms. The van der Waals surface area contributed by atoms with Crippen LogP contribution in [0.3, 0.4) is 0 Å². The van der Waals surface area contributed by atoms with Gasteiger partial charge < -0.3 is 34.7 Å². The van der Waals surface area contributed by atoms with Gasteiger partial charge in [0.1, 0.15) is 0 Å². The molecule has 1 aliphatic rings. The zero-order valence-electron chi connectivity index (χ0n) is 11.7. The van der Waals surface area contributed by atoms with Gasteiger partial charge >= 0.3 is 28.4 Å². The van der Waals surface area contributed by atoms with Crippen LogP contribution in [0.5, 0.6) is 0 Å². The molecular weight excluding hydrogens is 344 g/mol. The van der Waals surface area contributed by atoms with Crippen LogP contribution in [-0.2, 0) is 24.2 Å². The third-order valence-corrected chi connectivity index (χ3v) is 1.03. The summed E-state index contributed by atoms with van der Waals surface area (Å²) >= 11 is 1.30. The first-order chi connectivity index (χ1) is 6.00. The van der Waals surface area contributed by atoms with E-state index in [0.29, 0.717) is 0 Å². The van der Waals surface area contributed by atoms with Gasteiger partial charge in [-0.3, -0.25) is 6.08 Å². The molecule has 1 aromatic heterocycles. The van der Waals surface area contributed by atoms with Crippen molar-refractivity contribution in [3.8, 4) is 0 Å². The van der Waals surface area contributed by atoms with Gasteiger partial charge in [0.15, 0.2) is 0 Å². The molecular formula is C14H25Cl2NZr-6. The average Bonchev–Trinajstić information content (AvgIpc) is 2.87. The summed E-state index contributed by atoms with van der Waals surface area (Å²) in [4.78, 5) is 2.74. The van der Waals surface area contributed by atoms with Crippen molar-refractivity contribution in [2.75, 3.05) is 0 Å². The second-order valence-corrected chi connectivity index (χ2v) is 1.82. The largest absolute Gasteiger partial charge is 0.484 e. The maximum Gasteiger partial charge on any atom is -0.108 e. The number of allylic oxidation sites excluding steroid dienone is 4. The molecule has 1 nitrogen and oxygen atoms in total. The smallest absolute Gasteiger partial charge is 0.108 e. The molecule has 0 saturated heterocycles. The number of H-pyrrole nitrogens is 1. The minimum Gasteiger partial charge on any atom is -0.484 e. The maximum atomic E-state index is 3.34. The molecule has 0 atom stereocenters. The van der Waals surface area contributed by atoms with E-state index in [-0.39, 0.29) is 54.5 Å². The Balaban J connectivity index is -0.0000000183. The van der Waals surface area contributed by atoms with Gasteiger partial charge in [-0.1, -0.05) is 0 Å². The van der Waals surface area contributed by atoms with Crippen molar-refractivity contribution < 1.29 is 24.2 Å². The molecule has 110 valence electrons. The molecule has 2 rings (SSSR count). The third kappa shape index (κ3) is 36.0. The van der Waals surface area contributed by atoms with Crippen molar-refractivity contribution in [2.24, 2.45) is 0 Å². The van der Waals surface area contributed by atoms with Crippen molar-refractivity contribution in [3.05, 3.63) is 78.5 Å². The SMILES string of the molecule is Cl.Cl.[C-]1=CC=CC1.[CH2]=[Zr].[CH3-].[CH3-].[CH3-].[CH3-].[c-]1ccc[nH]1. The van der Waals surface area contributed by atoms with Crippen molar-refractivity contribution in [2.45, 2.75) is 6.42 Å². The topological polar surface area (TPSA) is 15.8 Å². The molecule has 0 radical (unpaired) electrons. The van der Waals surface area contributed by atoms with Crippen LogP contribution in [0.15, 0.2) is 36.6 Å². The van der Waals surface area contributed by atoms with Crippen molar-refractivity contribution >= 4 is 29.0 Å². The van der Waals surface area contributed by atoms with E-state index in [4.69, 9.17) is 0 Å². The summed E-state index contributed by atoms with van der Waals surface area (Å²) in [6.07, 6.45) is 14.6. The number of hydrogen-bond acceptors (Lipinski definition) is 0. The molecule has 0 unspecified atom stereocenters. The Labute approximate surface area is 142 Å². The van der Waals surface area contributed by atoms with E-state index in [0.717, 1.165) is 6.42 Å². The minimum absolute atomic E-state index is 0. The standard InChI is InChI=1S/C5H5.C4H4N.4CH3.CH2.2ClH.Zr/c2*1-2-4-5-3-1;;;;;;;;/h1-3H,4H2;1-3,5H;4*1H3;1H2;2*1H;/q6*-1;;;;. The zero-order chi connectivity index (χ0) is 9.07. The van der Waals surface area contributed by atoms with Crippen LogP contribution in [0.25, 0.3) is 0 Å². The monoisotopic (exact) mass is 367 g/mol. The summed E-state index contributed by atoms with van der Waals surface area (Å²) < 4.78 is 3.34. The molecule has 0 aliphatic heterocycles. The molecule has 4 heteroatoms. The van der Waals surface area contributed by atoms with Crippen LogP contribution in [0.2, 0.25) is 0 Å². The second-order valence-electron chi connectivity index (χ2n) is 1.82. The average molecular weight is 369 g/mol. The van der Waals surface area contributed by atoms with E-state index < -0.39 is 0 Å². The third-order valence-electron chi connectivity index (χ3n) is 1.03. The van der Waals surface area contributed by atoms with E-state index in [9.17, 15) is 0 Å². The Bertz CT molecular complexity index is 194. The van der Waals surface area contributed by atoms with Crippen LogP contribution < -0.4 is 0 Å². The number of rotatable bonds is 0. The summed E-state index contributed by atoms with van der Waals surface area (Å²) in [5.74, 6) is 0. The molecule has 1 heterocycles. The Hall–Kier alpha value is 0.0931. The molecule has 18 heavy (non-hydrogen) atoms. The molecule has 0 aromatic carbocycles. The number of halogens is 2. The molecule has 1 aromatic rings. The molecule has 1 N–H and O–H groups in total. The minimum atomic E-state index is 0. The summed E-state index contributed by atoms with van der Waals surface area (Å²) in [5, 5.41) is 0. The van der Waals surface area contributed by atoms with Crippen LogP contribution in [-0.4, -0.2) is 9.20 Å². The first-order valence-electron chi connectivity index (χ1n) is 3.56. The molecule has 0 amide bonds. The van der Waals surface area contributed by atoms with E-state index in [1.165, 1.54) is 24.2 Å². The fourth-order valence-corrected chi connectivity index (χ4v) is 0.581. The van der Waals surface area contributed by atoms with Gasteiger partial charge in [0.25, 0.3) is 0 Å². The fraction of sp³-hybridized carbons (Fsp3) is 0.0714. The van der Waals surface area contributed by atoms with Gasteiger partial charge in [-0.25, -0.2) is 12.2 Å². The van der Waals surface area contributed by atoms with E-state index >= 15 is 0 Å². The quantitative estimate of drug-likeness (QED) is 0.637. The molecule has 1 aliphatic carbocycles. The first-order valence-corrected chi connectivity index (χ1v) is 5.30. The summed E-state index contributed by atoms with van der Waals surface area (Å²) in [5.41, 5.74) is 0. The van der Waals surface area contributed by atoms with E-state index in [1.807, 2.05) is 30.5 Å². The zero-order valence-corrected chi connectivity index (χ0v) is 15.8. The number of aromatic amines is 1.